The first-order chi connectivity index (χ1) is 12.5. The van der Waals surface area contributed by atoms with Crippen molar-refractivity contribution in [3.8, 4) is 0 Å². The third-order valence-corrected chi connectivity index (χ3v) is 5.50. The Balaban J connectivity index is 1.74. The Labute approximate surface area is 158 Å². The number of furan rings is 1. The van der Waals surface area contributed by atoms with Crippen molar-refractivity contribution >= 4 is 40.3 Å². The molecule has 4 rings (SSSR count). The standard InChI is InChI=1S/C19H14ClNO4S/c20-12-5-6-15-14(9-12)19(24,10-16(22)17-4-1-7-25-17)18(23)21(15)11-13-3-2-8-26-13/h1-9,24H,10-11H2/t19-/m0/s1. The van der Waals surface area contributed by atoms with Gasteiger partial charge in [-0.3, -0.25) is 9.59 Å². The molecule has 1 amide bonds. The SMILES string of the molecule is O=C(C[C@@]1(O)C(=O)N(Cc2cccs2)c2ccc(Cl)cc21)c1ccco1. The zero-order chi connectivity index (χ0) is 18.3. The summed E-state index contributed by atoms with van der Waals surface area (Å²) in [6.07, 6.45) is 0.968. The fraction of sp³-hybridized carbons (Fsp3) is 0.158. The molecule has 0 aliphatic carbocycles. The largest absolute Gasteiger partial charge is 0.461 e. The van der Waals surface area contributed by atoms with Crippen LogP contribution in [0.4, 0.5) is 5.69 Å². The highest BCUT2D eigenvalue weighted by Crippen LogP contribution is 2.45. The number of Topliss-reactive ketones (excluding diaryl/α,β-unsaturated/α-hetero) is 1. The maximum absolute atomic E-state index is 13.1. The Kier molecular flexibility index (Phi) is 4.19. The lowest BCUT2D eigenvalue weighted by molar-refractivity contribution is -0.136. The van der Waals surface area contributed by atoms with E-state index in [0.717, 1.165) is 4.88 Å². The van der Waals surface area contributed by atoms with Gasteiger partial charge in [0.15, 0.2) is 11.4 Å². The second kappa shape index (κ2) is 6.39. The summed E-state index contributed by atoms with van der Waals surface area (Å²) < 4.78 is 5.10. The van der Waals surface area contributed by atoms with Crippen molar-refractivity contribution in [3.63, 3.8) is 0 Å². The summed E-state index contributed by atoms with van der Waals surface area (Å²) in [6.45, 7) is 0.322. The first-order valence-corrected chi connectivity index (χ1v) is 9.18. The molecule has 0 radical (unpaired) electrons. The minimum Gasteiger partial charge on any atom is -0.461 e. The van der Waals surface area contributed by atoms with Gasteiger partial charge in [-0.1, -0.05) is 17.7 Å². The average molecular weight is 388 g/mol. The average Bonchev–Trinajstić information content (AvgIpc) is 3.35. The Morgan fingerprint density at radius 3 is 2.81 bits per heavy atom. The second-order valence-electron chi connectivity index (χ2n) is 6.07. The molecule has 132 valence electrons. The summed E-state index contributed by atoms with van der Waals surface area (Å²) in [5, 5.41) is 13.5. The fourth-order valence-electron chi connectivity index (χ4n) is 3.17. The van der Waals surface area contributed by atoms with Crippen LogP contribution in [0, 0.1) is 0 Å². The van der Waals surface area contributed by atoms with Gasteiger partial charge in [0.1, 0.15) is 0 Å². The molecular weight excluding hydrogens is 374 g/mol. The van der Waals surface area contributed by atoms with Crippen molar-refractivity contribution < 1.29 is 19.1 Å². The molecule has 0 unspecified atom stereocenters. The molecule has 0 fully saturated rings. The molecule has 1 N–H and O–H groups in total. The highest BCUT2D eigenvalue weighted by molar-refractivity contribution is 7.09. The molecule has 0 saturated heterocycles. The summed E-state index contributed by atoms with van der Waals surface area (Å²) in [4.78, 5) is 28.0. The summed E-state index contributed by atoms with van der Waals surface area (Å²) in [5.74, 6) is -0.885. The van der Waals surface area contributed by atoms with Crippen LogP contribution in [-0.4, -0.2) is 16.8 Å². The van der Waals surface area contributed by atoms with Crippen molar-refractivity contribution in [1.29, 1.82) is 0 Å². The maximum Gasteiger partial charge on any atom is 0.264 e. The van der Waals surface area contributed by atoms with Gasteiger partial charge in [0, 0.05) is 15.5 Å². The van der Waals surface area contributed by atoms with Gasteiger partial charge < -0.3 is 14.4 Å². The highest BCUT2D eigenvalue weighted by atomic mass is 35.5. The molecule has 1 aliphatic rings. The van der Waals surface area contributed by atoms with E-state index in [9.17, 15) is 14.7 Å². The predicted octanol–water partition coefficient (Wildman–Crippen LogP) is 4.00. The number of carbonyl (C=O) groups is 2. The van der Waals surface area contributed by atoms with E-state index < -0.39 is 23.7 Å². The number of hydrogen-bond acceptors (Lipinski definition) is 5. The molecule has 0 bridgehead atoms. The van der Waals surface area contributed by atoms with E-state index in [4.69, 9.17) is 16.0 Å². The number of anilines is 1. The molecule has 1 aromatic carbocycles. The smallest absolute Gasteiger partial charge is 0.264 e. The minimum atomic E-state index is -1.97. The number of aliphatic hydroxyl groups is 1. The summed E-state index contributed by atoms with van der Waals surface area (Å²) in [5.41, 5.74) is -1.07. The van der Waals surface area contributed by atoms with Crippen LogP contribution >= 0.6 is 22.9 Å². The summed E-state index contributed by atoms with van der Waals surface area (Å²) >= 11 is 7.60. The molecule has 3 heterocycles. The van der Waals surface area contributed by atoms with Gasteiger partial charge >= 0.3 is 0 Å². The van der Waals surface area contributed by atoms with Gasteiger partial charge in [-0.15, -0.1) is 11.3 Å². The molecule has 0 spiro atoms. The van der Waals surface area contributed by atoms with Gasteiger partial charge in [0.05, 0.1) is 24.9 Å². The van der Waals surface area contributed by atoms with E-state index in [2.05, 4.69) is 0 Å². The molecule has 5 nitrogen and oxygen atoms in total. The number of hydrogen-bond donors (Lipinski definition) is 1. The van der Waals surface area contributed by atoms with Gasteiger partial charge in [-0.05, 0) is 41.8 Å². The van der Waals surface area contributed by atoms with Crippen LogP contribution in [0.5, 0.6) is 0 Å². The molecule has 1 atom stereocenters. The lowest BCUT2D eigenvalue weighted by atomic mass is 9.89. The Hall–Kier alpha value is -2.41. The zero-order valence-corrected chi connectivity index (χ0v) is 15.1. The number of fused-ring (bicyclic) bond motifs is 1. The van der Waals surface area contributed by atoms with E-state index in [0.29, 0.717) is 22.8 Å². The van der Waals surface area contributed by atoms with E-state index in [-0.39, 0.29) is 5.76 Å². The molecule has 3 aromatic rings. The van der Waals surface area contributed by atoms with Crippen LogP contribution in [0.15, 0.2) is 58.5 Å². The topological polar surface area (TPSA) is 70.8 Å². The van der Waals surface area contributed by atoms with Crippen LogP contribution in [0.25, 0.3) is 0 Å². The van der Waals surface area contributed by atoms with Crippen molar-refractivity contribution in [1.82, 2.24) is 0 Å². The number of benzene rings is 1. The van der Waals surface area contributed by atoms with E-state index in [1.165, 1.54) is 28.6 Å². The van der Waals surface area contributed by atoms with E-state index in [1.54, 1.807) is 24.3 Å². The number of ketones is 1. The number of thiophene rings is 1. The Bertz CT molecular complexity index is 968. The molecule has 2 aromatic heterocycles. The molecule has 0 saturated carbocycles. The van der Waals surface area contributed by atoms with E-state index >= 15 is 0 Å². The number of halogens is 1. The second-order valence-corrected chi connectivity index (χ2v) is 7.54. The third-order valence-electron chi connectivity index (χ3n) is 4.40. The van der Waals surface area contributed by atoms with Crippen molar-refractivity contribution in [3.05, 3.63) is 75.3 Å². The Morgan fingerprint density at radius 2 is 2.12 bits per heavy atom. The van der Waals surface area contributed by atoms with Crippen molar-refractivity contribution in [2.45, 2.75) is 18.6 Å². The highest BCUT2D eigenvalue weighted by Gasteiger charge is 2.51. The van der Waals surface area contributed by atoms with Crippen molar-refractivity contribution in [2.24, 2.45) is 0 Å². The maximum atomic E-state index is 13.1. The van der Waals surface area contributed by atoms with Crippen molar-refractivity contribution in [2.75, 3.05) is 4.90 Å². The van der Waals surface area contributed by atoms with E-state index in [1.807, 2.05) is 17.5 Å². The lowest BCUT2D eigenvalue weighted by Crippen LogP contribution is -2.41. The van der Waals surface area contributed by atoms with Gasteiger partial charge in [-0.2, -0.15) is 0 Å². The number of carbonyl (C=O) groups excluding carboxylic acids is 2. The summed E-state index contributed by atoms with van der Waals surface area (Å²) in [6, 6.07) is 11.8. The lowest BCUT2D eigenvalue weighted by Gasteiger charge is -2.22. The van der Waals surface area contributed by atoms with Crippen LogP contribution in [0.1, 0.15) is 27.4 Å². The fourth-order valence-corrected chi connectivity index (χ4v) is 4.03. The predicted molar refractivity (Wildman–Crippen MR) is 98.5 cm³/mol. The third kappa shape index (κ3) is 2.76. The van der Waals surface area contributed by atoms with Gasteiger partial charge in [0.2, 0.25) is 5.78 Å². The Morgan fingerprint density at radius 1 is 1.27 bits per heavy atom. The first kappa shape index (κ1) is 17.0. The van der Waals surface area contributed by atoms with Crippen LogP contribution < -0.4 is 4.90 Å². The summed E-state index contributed by atoms with van der Waals surface area (Å²) in [7, 11) is 0. The van der Waals surface area contributed by atoms with Gasteiger partial charge in [-0.25, -0.2) is 0 Å². The van der Waals surface area contributed by atoms with Gasteiger partial charge in [0.25, 0.3) is 5.91 Å². The molecular formula is C19H14ClNO4S. The molecule has 7 heteroatoms. The quantitative estimate of drug-likeness (QED) is 0.672. The molecule has 26 heavy (non-hydrogen) atoms. The molecule has 1 aliphatic heterocycles. The number of nitrogens with zero attached hydrogens (tertiary/aromatic N) is 1. The van der Waals surface area contributed by atoms with Crippen LogP contribution in [-0.2, 0) is 16.9 Å². The minimum absolute atomic E-state index is 0.103. The van der Waals surface area contributed by atoms with Crippen LogP contribution in [0.3, 0.4) is 0 Å². The number of rotatable bonds is 5. The number of amides is 1. The first-order valence-electron chi connectivity index (χ1n) is 7.92. The normalized spacial score (nSPS) is 19.0. The monoisotopic (exact) mass is 387 g/mol. The zero-order valence-electron chi connectivity index (χ0n) is 13.5. The van der Waals surface area contributed by atoms with Crippen LogP contribution in [0.2, 0.25) is 5.02 Å².